The Kier molecular flexibility index (Phi) is 2.73. The molecule has 3 heteroatoms. The maximum Gasteiger partial charge on any atom is 0.118 e. The smallest absolute Gasteiger partial charge is 0.118 e. The zero-order valence-electron chi connectivity index (χ0n) is 11.2. The Labute approximate surface area is 108 Å². The normalized spacial score (nSPS) is 36.4. The van der Waals surface area contributed by atoms with E-state index in [0.29, 0.717) is 13.2 Å². The molecule has 3 atom stereocenters. The fraction of sp³-hybridized carbons (Fsp3) is 0.600. The van der Waals surface area contributed by atoms with Gasteiger partial charge < -0.3 is 14.2 Å². The van der Waals surface area contributed by atoms with Crippen molar-refractivity contribution in [1.82, 2.24) is 0 Å². The van der Waals surface area contributed by atoms with Crippen LogP contribution in [0.25, 0.3) is 0 Å². The molecule has 0 amide bonds. The van der Waals surface area contributed by atoms with Gasteiger partial charge in [-0.3, -0.25) is 0 Å². The molecule has 1 aromatic rings. The van der Waals surface area contributed by atoms with Gasteiger partial charge >= 0.3 is 0 Å². The first-order valence-electron chi connectivity index (χ1n) is 6.49. The summed E-state index contributed by atoms with van der Waals surface area (Å²) in [7, 11) is 0. The van der Waals surface area contributed by atoms with Crippen LogP contribution in [0.3, 0.4) is 0 Å². The first-order valence-corrected chi connectivity index (χ1v) is 6.49. The van der Waals surface area contributed by atoms with Crippen LogP contribution in [0, 0.1) is 0 Å². The summed E-state index contributed by atoms with van der Waals surface area (Å²) in [5, 5.41) is 0. The molecule has 2 saturated heterocycles. The van der Waals surface area contributed by atoms with Crippen LogP contribution in [-0.4, -0.2) is 30.0 Å². The lowest BCUT2D eigenvalue weighted by Gasteiger charge is -2.31. The van der Waals surface area contributed by atoms with Gasteiger partial charge in [0.25, 0.3) is 0 Å². The van der Waals surface area contributed by atoms with Gasteiger partial charge in [-0.25, -0.2) is 0 Å². The molecule has 2 heterocycles. The number of fused-ring (bicyclic) bond motifs is 1. The summed E-state index contributed by atoms with van der Waals surface area (Å²) in [6, 6.07) is 10.2. The number of hydrogen-bond acceptors (Lipinski definition) is 3. The first-order chi connectivity index (χ1) is 8.51. The highest BCUT2D eigenvalue weighted by molar-refractivity contribution is 5.15. The summed E-state index contributed by atoms with van der Waals surface area (Å²) < 4.78 is 17.6. The average Bonchev–Trinajstić information content (AvgIpc) is 3.07. The van der Waals surface area contributed by atoms with E-state index >= 15 is 0 Å². The molecule has 1 aromatic carbocycles. The number of ether oxygens (including phenoxy) is 3. The predicted octanol–water partition coefficient (Wildman–Crippen LogP) is 2.54. The second-order valence-electron chi connectivity index (χ2n) is 5.97. The van der Waals surface area contributed by atoms with Gasteiger partial charge in [0.05, 0.1) is 18.8 Å². The molecule has 98 valence electrons. The van der Waals surface area contributed by atoms with Crippen LogP contribution in [0.5, 0.6) is 0 Å². The Hall–Kier alpha value is -0.900. The monoisotopic (exact) mass is 248 g/mol. The molecule has 0 aromatic heterocycles. The highest BCUT2D eigenvalue weighted by Gasteiger charge is 2.68. The second kappa shape index (κ2) is 4.05. The van der Waals surface area contributed by atoms with Crippen LogP contribution in [0.4, 0.5) is 0 Å². The zero-order valence-corrected chi connectivity index (χ0v) is 11.2. The Morgan fingerprint density at radius 3 is 2.39 bits per heavy atom. The third-order valence-corrected chi connectivity index (χ3v) is 3.78. The molecule has 3 rings (SSSR count). The molecule has 18 heavy (non-hydrogen) atoms. The lowest BCUT2D eigenvalue weighted by molar-refractivity contribution is -0.165. The molecule has 3 nitrogen and oxygen atoms in total. The molecule has 2 aliphatic rings. The van der Waals surface area contributed by atoms with Gasteiger partial charge in [0.15, 0.2) is 0 Å². The lowest BCUT2D eigenvalue weighted by atomic mass is 10.0. The molecule has 0 saturated carbocycles. The van der Waals surface area contributed by atoms with E-state index in [0.717, 1.165) is 0 Å². The number of hydrogen-bond donors (Lipinski definition) is 0. The summed E-state index contributed by atoms with van der Waals surface area (Å²) in [5.74, 6) is 0. The van der Waals surface area contributed by atoms with Crippen molar-refractivity contribution in [2.24, 2.45) is 0 Å². The van der Waals surface area contributed by atoms with Crippen LogP contribution >= 0.6 is 0 Å². The Morgan fingerprint density at radius 1 is 1.11 bits per heavy atom. The van der Waals surface area contributed by atoms with Gasteiger partial charge in [-0.1, -0.05) is 30.3 Å². The third-order valence-electron chi connectivity index (χ3n) is 3.78. The molecule has 3 unspecified atom stereocenters. The van der Waals surface area contributed by atoms with Crippen molar-refractivity contribution in [2.75, 3.05) is 6.61 Å². The summed E-state index contributed by atoms with van der Waals surface area (Å²) in [5.41, 5.74) is 0.699. The predicted molar refractivity (Wildman–Crippen MR) is 68.3 cm³/mol. The van der Waals surface area contributed by atoms with Crippen LogP contribution in [0.15, 0.2) is 30.3 Å². The molecule has 0 bridgehead atoms. The van der Waals surface area contributed by atoms with E-state index < -0.39 is 0 Å². The van der Waals surface area contributed by atoms with E-state index in [4.69, 9.17) is 14.2 Å². The number of rotatable bonds is 4. The Morgan fingerprint density at radius 2 is 1.83 bits per heavy atom. The van der Waals surface area contributed by atoms with Crippen LogP contribution in [0.2, 0.25) is 0 Å². The van der Waals surface area contributed by atoms with Crippen molar-refractivity contribution in [3.8, 4) is 0 Å². The van der Waals surface area contributed by atoms with Crippen molar-refractivity contribution in [3.05, 3.63) is 35.9 Å². The molecule has 0 spiro atoms. The molecule has 0 radical (unpaired) electrons. The summed E-state index contributed by atoms with van der Waals surface area (Å²) >= 11 is 0. The van der Waals surface area contributed by atoms with Crippen molar-refractivity contribution in [1.29, 1.82) is 0 Å². The summed E-state index contributed by atoms with van der Waals surface area (Å²) in [6.07, 6.45) is 0.436. The minimum absolute atomic E-state index is 0.185. The zero-order chi connectivity index (χ0) is 12.8. The van der Waals surface area contributed by atoms with Gasteiger partial charge in [0, 0.05) is 0 Å². The molecule has 0 N–H and O–H groups in total. The Bertz CT molecular complexity index is 429. The van der Waals surface area contributed by atoms with Gasteiger partial charge in [-0.2, -0.15) is 0 Å². The number of benzene rings is 1. The Balaban J connectivity index is 1.55. The average molecular weight is 248 g/mol. The van der Waals surface area contributed by atoms with E-state index in [-0.39, 0.29) is 23.4 Å². The van der Waals surface area contributed by atoms with E-state index in [1.807, 2.05) is 18.2 Å². The molecule has 2 aliphatic heterocycles. The van der Waals surface area contributed by atoms with Gasteiger partial charge in [-0.05, 0) is 26.3 Å². The third kappa shape index (κ3) is 2.07. The first kappa shape index (κ1) is 12.2. The SMILES string of the molecule is CC1(C)OC(C)(COCc2ccccc2)C2OC21. The van der Waals surface area contributed by atoms with Crippen molar-refractivity contribution >= 4 is 0 Å². The van der Waals surface area contributed by atoms with E-state index in [9.17, 15) is 0 Å². The minimum atomic E-state index is -0.303. The molecule has 0 aliphatic carbocycles. The highest BCUT2D eigenvalue weighted by atomic mass is 16.7. The van der Waals surface area contributed by atoms with E-state index in [1.54, 1.807) is 0 Å². The van der Waals surface area contributed by atoms with Crippen molar-refractivity contribution in [3.63, 3.8) is 0 Å². The lowest BCUT2D eigenvalue weighted by Crippen LogP contribution is -2.40. The standard InChI is InChI=1S/C15H20O3/c1-14(2)12-13(17-12)15(3,18-14)10-16-9-11-7-5-4-6-8-11/h4-8,12-13H,9-10H2,1-3H3. The van der Waals surface area contributed by atoms with Gasteiger partial charge in [0.2, 0.25) is 0 Å². The molecule has 2 fully saturated rings. The quantitative estimate of drug-likeness (QED) is 0.767. The van der Waals surface area contributed by atoms with Crippen LogP contribution in [-0.2, 0) is 20.8 Å². The number of epoxide rings is 1. The van der Waals surface area contributed by atoms with Gasteiger partial charge in [-0.15, -0.1) is 0 Å². The molecular formula is C15H20O3. The van der Waals surface area contributed by atoms with Crippen LogP contribution in [0.1, 0.15) is 26.3 Å². The van der Waals surface area contributed by atoms with Crippen molar-refractivity contribution < 1.29 is 14.2 Å². The fourth-order valence-electron chi connectivity index (χ4n) is 2.88. The fourth-order valence-corrected chi connectivity index (χ4v) is 2.88. The summed E-state index contributed by atoms with van der Waals surface area (Å²) in [4.78, 5) is 0. The maximum absolute atomic E-state index is 6.09. The largest absolute Gasteiger partial charge is 0.374 e. The summed E-state index contributed by atoms with van der Waals surface area (Å²) in [6.45, 7) is 7.45. The van der Waals surface area contributed by atoms with Gasteiger partial charge in [0.1, 0.15) is 17.8 Å². The highest BCUT2D eigenvalue weighted by Crippen LogP contribution is 2.51. The van der Waals surface area contributed by atoms with Crippen molar-refractivity contribution in [2.45, 2.75) is 50.8 Å². The van der Waals surface area contributed by atoms with Crippen LogP contribution < -0.4 is 0 Å². The second-order valence-corrected chi connectivity index (χ2v) is 5.97. The minimum Gasteiger partial charge on any atom is -0.374 e. The van der Waals surface area contributed by atoms with E-state index in [2.05, 4.69) is 32.9 Å². The molecular weight excluding hydrogens is 228 g/mol. The van der Waals surface area contributed by atoms with E-state index in [1.165, 1.54) is 5.56 Å². The maximum atomic E-state index is 6.09. The topological polar surface area (TPSA) is 31.0 Å².